The van der Waals surface area contributed by atoms with Crippen molar-refractivity contribution in [3.63, 3.8) is 0 Å². The zero-order valence-corrected chi connectivity index (χ0v) is 27.5. The van der Waals surface area contributed by atoms with Crippen LogP contribution in [-0.2, 0) is 14.3 Å². The summed E-state index contributed by atoms with van der Waals surface area (Å²) >= 11 is 8.15. The molecule has 0 bridgehead atoms. The number of halogens is 1. The number of carbonyl (C=O) groups excluding carboxylic acids is 3. The number of amides is 3. The molecule has 1 aliphatic carbocycles. The summed E-state index contributed by atoms with van der Waals surface area (Å²) in [6, 6.07) is 4.06. The fourth-order valence-corrected chi connectivity index (χ4v) is 7.27. The van der Waals surface area contributed by atoms with Gasteiger partial charge in [0.2, 0.25) is 5.91 Å². The maximum absolute atomic E-state index is 13.9. The van der Waals surface area contributed by atoms with Gasteiger partial charge in [-0.3, -0.25) is 4.79 Å². The van der Waals surface area contributed by atoms with E-state index in [2.05, 4.69) is 16.9 Å². The van der Waals surface area contributed by atoms with Crippen LogP contribution >= 0.6 is 22.9 Å². The van der Waals surface area contributed by atoms with Crippen molar-refractivity contribution in [3.8, 4) is 22.2 Å². The Labute approximate surface area is 276 Å². The molecule has 2 aromatic heterocycles. The standard InChI is InChI=1S/C33H36ClN5O6S/c1-5-20-18-46-29(35-20)23-15-26(22-11-12-25(43-3)27(34)28(22)36-23)45-21-14-24-30(40)38(2)13-9-7-6-8-10-19-16-33(19,31(41)44-4)37-32(42)39(24)17-21/h5,8,10-12,15,18-19,21,24H,1,6-7,9,13-14,16-17H2,2-4H3,(H,37,42)/t19-,21+,24+,33-/m1/s1. The number of thiazole rings is 1. The molecule has 3 aromatic rings. The van der Waals surface area contributed by atoms with Crippen LogP contribution in [0.3, 0.4) is 0 Å². The van der Waals surface area contributed by atoms with E-state index in [1.165, 1.54) is 30.5 Å². The SMILES string of the molecule is C=Cc1csc(-c2cc(O[C@H]3C[C@H]4C(=O)N(C)CCCCC=C[C@@H]5C[C@@]5(C(=O)OC)NC(=O)N4C3)c3ccc(OC)c(Cl)c3n2)n1. The summed E-state index contributed by atoms with van der Waals surface area (Å²) in [4.78, 5) is 53.1. The zero-order valence-electron chi connectivity index (χ0n) is 26.0. The summed E-state index contributed by atoms with van der Waals surface area (Å²) in [5.74, 6) is 0.0931. The van der Waals surface area contributed by atoms with E-state index in [1.54, 1.807) is 30.2 Å². The molecule has 0 spiro atoms. The molecule has 13 heteroatoms. The lowest BCUT2D eigenvalue weighted by atomic mass is 10.1. The second-order valence-corrected chi connectivity index (χ2v) is 13.0. The zero-order chi connectivity index (χ0) is 32.6. The number of hydrogen-bond donors (Lipinski definition) is 1. The Morgan fingerprint density at radius 1 is 1.22 bits per heavy atom. The number of nitrogens with zero attached hydrogens (tertiary/aromatic N) is 4. The first-order valence-corrected chi connectivity index (χ1v) is 16.5. The lowest BCUT2D eigenvalue weighted by molar-refractivity contribution is -0.144. The molecule has 11 nitrogen and oxygen atoms in total. The quantitative estimate of drug-likeness (QED) is 0.277. The Bertz CT molecular complexity index is 1730. The van der Waals surface area contributed by atoms with E-state index in [0.29, 0.717) is 51.1 Å². The first kappa shape index (κ1) is 31.8. The molecule has 1 N–H and O–H groups in total. The number of ether oxygens (including phenoxy) is 3. The first-order valence-electron chi connectivity index (χ1n) is 15.2. The van der Waals surface area contributed by atoms with E-state index in [4.69, 9.17) is 30.8 Å². The Morgan fingerprint density at radius 2 is 2.04 bits per heavy atom. The van der Waals surface area contributed by atoms with Crippen LogP contribution in [0.15, 0.2) is 42.3 Å². The van der Waals surface area contributed by atoms with E-state index >= 15 is 0 Å². The third-order valence-electron chi connectivity index (χ3n) is 8.87. The van der Waals surface area contributed by atoms with Gasteiger partial charge in [0, 0.05) is 42.8 Å². The van der Waals surface area contributed by atoms with Crippen molar-refractivity contribution in [2.45, 2.75) is 49.8 Å². The molecule has 1 aromatic carbocycles. The van der Waals surface area contributed by atoms with Crippen LogP contribution in [0.25, 0.3) is 27.7 Å². The minimum atomic E-state index is -1.16. The molecule has 0 radical (unpaired) electrons. The molecule has 3 amide bonds. The van der Waals surface area contributed by atoms with Gasteiger partial charge in [-0.1, -0.05) is 30.3 Å². The van der Waals surface area contributed by atoms with Gasteiger partial charge in [0.05, 0.1) is 32.0 Å². The van der Waals surface area contributed by atoms with Crippen LogP contribution in [0.2, 0.25) is 5.02 Å². The number of carbonyl (C=O) groups is 3. The predicted octanol–water partition coefficient (Wildman–Crippen LogP) is 5.32. The third kappa shape index (κ3) is 5.91. The van der Waals surface area contributed by atoms with Gasteiger partial charge in [-0.2, -0.15) is 0 Å². The summed E-state index contributed by atoms with van der Waals surface area (Å²) < 4.78 is 17.2. The Hall–Kier alpha value is -4.16. The average Bonchev–Trinajstić information content (AvgIpc) is 3.36. The van der Waals surface area contributed by atoms with E-state index < -0.39 is 29.7 Å². The number of likely N-dealkylation sites (N-methyl/N-ethyl adjacent to an activating group) is 1. The third-order valence-corrected chi connectivity index (χ3v) is 10.1. The number of urea groups is 1. The van der Waals surface area contributed by atoms with Gasteiger partial charge in [0.25, 0.3) is 0 Å². The number of pyridine rings is 1. The van der Waals surface area contributed by atoms with Crippen molar-refractivity contribution in [1.82, 2.24) is 25.1 Å². The van der Waals surface area contributed by atoms with Crippen LogP contribution in [0.5, 0.6) is 11.5 Å². The number of methoxy groups -OCH3 is 2. The molecular weight excluding hydrogens is 630 g/mol. The Morgan fingerprint density at radius 3 is 2.78 bits per heavy atom. The van der Waals surface area contributed by atoms with E-state index in [9.17, 15) is 14.4 Å². The van der Waals surface area contributed by atoms with Gasteiger partial charge >= 0.3 is 12.0 Å². The van der Waals surface area contributed by atoms with Crippen molar-refractivity contribution in [2.75, 3.05) is 34.4 Å². The minimum absolute atomic E-state index is 0.120. The van der Waals surface area contributed by atoms with Crippen LogP contribution in [0.1, 0.15) is 37.8 Å². The van der Waals surface area contributed by atoms with Gasteiger partial charge < -0.3 is 29.3 Å². The van der Waals surface area contributed by atoms with Gasteiger partial charge in [0.1, 0.15) is 44.9 Å². The molecule has 4 atom stereocenters. The van der Waals surface area contributed by atoms with Gasteiger partial charge in [-0.25, -0.2) is 19.6 Å². The maximum atomic E-state index is 13.9. The lowest BCUT2D eigenvalue weighted by Crippen LogP contribution is -2.55. The topological polar surface area (TPSA) is 123 Å². The lowest BCUT2D eigenvalue weighted by Gasteiger charge is -2.29. The highest BCUT2D eigenvalue weighted by Gasteiger charge is 2.62. The normalized spacial score (nSPS) is 24.9. The highest BCUT2D eigenvalue weighted by molar-refractivity contribution is 7.13. The molecule has 0 unspecified atom stereocenters. The summed E-state index contributed by atoms with van der Waals surface area (Å²) in [6.45, 7) is 4.49. The average molecular weight is 666 g/mol. The summed E-state index contributed by atoms with van der Waals surface area (Å²) in [5, 5.41) is 6.44. The number of allylic oxidation sites excluding steroid dienone is 1. The number of rotatable bonds is 6. The maximum Gasteiger partial charge on any atom is 0.332 e. The van der Waals surface area contributed by atoms with Gasteiger partial charge in [-0.05, 0) is 43.9 Å². The minimum Gasteiger partial charge on any atom is -0.495 e. The molecule has 1 saturated heterocycles. The fourth-order valence-electron chi connectivity index (χ4n) is 6.22. The molecule has 2 aliphatic heterocycles. The highest BCUT2D eigenvalue weighted by Crippen LogP contribution is 2.46. The number of hydrogen-bond acceptors (Lipinski definition) is 9. The molecule has 1 saturated carbocycles. The first-order chi connectivity index (χ1) is 22.2. The van der Waals surface area contributed by atoms with E-state index in [-0.39, 0.29) is 24.8 Å². The smallest absolute Gasteiger partial charge is 0.332 e. The van der Waals surface area contributed by atoms with Gasteiger partial charge in [-0.15, -0.1) is 11.3 Å². The van der Waals surface area contributed by atoms with Crippen molar-refractivity contribution in [2.24, 2.45) is 5.92 Å². The van der Waals surface area contributed by atoms with Crippen LogP contribution in [-0.4, -0.2) is 89.7 Å². The molecular formula is C33H36ClN5O6S. The van der Waals surface area contributed by atoms with Crippen LogP contribution < -0.4 is 14.8 Å². The number of nitrogens with one attached hydrogen (secondary N) is 1. The van der Waals surface area contributed by atoms with Crippen molar-refractivity contribution >= 4 is 57.8 Å². The van der Waals surface area contributed by atoms with Crippen LogP contribution in [0.4, 0.5) is 4.79 Å². The summed E-state index contributed by atoms with van der Waals surface area (Å²) in [7, 11) is 4.60. The molecule has 46 heavy (non-hydrogen) atoms. The molecule has 3 aliphatic rings. The fraction of sp³-hybridized carbons (Fsp3) is 0.424. The molecule has 6 rings (SSSR count). The highest BCUT2D eigenvalue weighted by atomic mass is 35.5. The molecule has 4 heterocycles. The van der Waals surface area contributed by atoms with Gasteiger partial charge in [0.15, 0.2) is 0 Å². The van der Waals surface area contributed by atoms with Crippen molar-refractivity contribution < 1.29 is 28.6 Å². The molecule has 2 fully saturated rings. The largest absolute Gasteiger partial charge is 0.495 e. The number of esters is 1. The number of aromatic nitrogens is 2. The Balaban J connectivity index is 1.35. The number of benzene rings is 1. The monoisotopic (exact) mass is 665 g/mol. The second-order valence-electron chi connectivity index (χ2n) is 11.8. The Kier molecular flexibility index (Phi) is 8.93. The van der Waals surface area contributed by atoms with Crippen LogP contribution in [0, 0.1) is 5.92 Å². The molecule has 242 valence electrons. The second kappa shape index (κ2) is 12.9. The van der Waals surface area contributed by atoms with E-state index in [1.807, 2.05) is 23.6 Å². The van der Waals surface area contributed by atoms with E-state index in [0.717, 1.165) is 25.0 Å². The number of fused-ring (bicyclic) bond motifs is 3. The van der Waals surface area contributed by atoms with Crippen molar-refractivity contribution in [1.29, 1.82) is 0 Å². The van der Waals surface area contributed by atoms with Crippen molar-refractivity contribution in [3.05, 3.63) is 53.0 Å². The summed E-state index contributed by atoms with van der Waals surface area (Å²) in [5.41, 5.74) is 0.586. The summed E-state index contributed by atoms with van der Waals surface area (Å²) in [6.07, 6.45) is 8.37. The predicted molar refractivity (Wildman–Crippen MR) is 176 cm³/mol.